The maximum Gasteiger partial charge on any atom is 0.191 e. The van der Waals surface area contributed by atoms with Gasteiger partial charge in [0.1, 0.15) is 0 Å². The lowest BCUT2D eigenvalue weighted by molar-refractivity contribution is 0.458. The van der Waals surface area contributed by atoms with Gasteiger partial charge in [-0.05, 0) is 25.5 Å². The van der Waals surface area contributed by atoms with Gasteiger partial charge in [-0.2, -0.15) is 0 Å². The van der Waals surface area contributed by atoms with Crippen LogP contribution in [0.5, 0.6) is 0 Å². The summed E-state index contributed by atoms with van der Waals surface area (Å²) in [5, 5.41) is 0. The van der Waals surface area contributed by atoms with Crippen molar-refractivity contribution in [3.05, 3.63) is 34.3 Å². The zero-order valence-corrected chi connectivity index (χ0v) is 11.4. The fourth-order valence-electron chi connectivity index (χ4n) is 1.44. The maximum atomic E-state index is 5.90. The highest BCUT2D eigenvalue weighted by Gasteiger charge is 2.02. The molecule has 1 aromatic rings. The minimum absolute atomic E-state index is 0.612. The summed E-state index contributed by atoms with van der Waals surface area (Å²) >= 11 is 3.49. The zero-order valence-electron chi connectivity index (χ0n) is 9.78. The SMILES string of the molecule is CCN(CC)C(N)=NCc1ccccc1Br. The first-order valence-corrected chi connectivity index (χ1v) is 6.26. The highest BCUT2D eigenvalue weighted by molar-refractivity contribution is 9.10. The molecule has 0 aromatic heterocycles. The van der Waals surface area contributed by atoms with E-state index in [4.69, 9.17) is 5.73 Å². The Bertz CT molecular complexity index is 359. The lowest BCUT2D eigenvalue weighted by atomic mass is 10.2. The van der Waals surface area contributed by atoms with E-state index in [0.717, 1.165) is 23.1 Å². The number of halogens is 1. The summed E-state index contributed by atoms with van der Waals surface area (Å²) in [6.45, 7) is 6.54. The Morgan fingerprint density at radius 1 is 1.31 bits per heavy atom. The van der Waals surface area contributed by atoms with Gasteiger partial charge in [0, 0.05) is 17.6 Å². The summed E-state index contributed by atoms with van der Waals surface area (Å²) < 4.78 is 1.08. The number of nitrogens with zero attached hydrogens (tertiary/aromatic N) is 2. The van der Waals surface area contributed by atoms with E-state index in [2.05, 4.69) is 34.8 Å². The Hall–Kier alpha value is -1.03. The number of hydrogen-bond donors (Lipinski definition) is 1. The molecule has 0 amide bonds. The normalized spacial score (nSPS) is 11.6. The van der Waals surface area contributed by atoms with Crippen LogP contribution in [0.25, 0.3) is 0 Å². The molecular formula is C12H18BrN3. The Morgan fingerprint density at radius 2 is 1.94 bits per heavy atom. The highest BCUT2D eigenvalue weighted by atomic mass is 79.9. The second-order valence-electron chi connectivity index (χ2n) is 3.44. The Kier molecular flexibility index (Phi) is 5.32. The van der Waals surface area contributed by atoms with Gasteiger partial charge in [0.25, 0.3) is 0 Å². The van der Waals surface area contributed by atoms with E-state index < -0.39 is 0 Å². The molecule has 1 aromatic carbocycles. The van der Waals surface area contributed by atoms with Crippen molar-refractivity contribution in [2.45, 2.75) is 20.4 Å². The third kappa shape index (κ3) is 3.52. The number of hydrogen-bond acceptors (Lipinski definition) is 1. The standard InChI is InChI=1S/C12H18BrN3/c1-3-16(4-2)12(14)15-9-10-7-5-6-8-11(10)13/h5-8H,3-4,9H2,1-2H3,(H2,14,15). The number of guanidine groups is 1. The van der Waals surface area contributed by atoms with Crippen LogP contribution in [0.4, 0.5) is 0 Å². The summed E-state index contributed by atoms with van der Waals surface area (Å²) in [7, 11) is 0. The molecule has 4 heteroatoms. The second-order valence-corrected chi connectivity index (χ2v) is 4.29. The van der Waals surface area contributed by atoms with Crippen molar-refractivity contribution in [2.24, 2.45) is 10.7 Å². The molecule has 16 heavy (non-hydrogen) atoms. The van der Waals surface area contributed by atoms with Crippen molar-refractivity contribution in [1.82, 2.24) is 4.90 Å². The largest absolute Gasteiger partial charge is 0.370 e. The smallest absolute Gasteiger partial charge is 0.191 e. The van der Waals surface area contributed by atoms with Gasteiger partial charge >= 0.3 is 0 Å². The molecule has 3 nitrogen and oxygen atoms in total. The molecule has 88 valence electrons. The average molecular weight is 284 g/mol. The van der Waals surface area contributed by atoms with Gasteiger partial charge in [-0.1, -0.05) is 34.1 Å². The molecule has 0 radical (unpaired) electrons. The number of aliphatic imine (C=N–C) groups is 1. The molecular weight excluding hydrogens is 266 g/mol. The fraction of sp³-hybridized carbons (Fsp3) is 0.417. The number of rotatable bonds is 4. The zero-order chi connectivity index (χ0) is 12.0. The molecule has 0 aliphatic rings. The molecule has 0 aliphatic heterocycles. The predicted octanol–water partition coefficient (Wildman–Crippen LogP) is 2.61. The highest BCUT2D eigenvalue weighted by Crippen LogP contribution is 2.16. The lowest BCUT2D eigenvalue weighted by Crippen LogP contribution is -2.37. The first-order valence-electron chi connectivity index (χ1n) is 5.47. The summed E-state index contributed by atoms with van der Waals surface area (Å²) in [6.07, 6.45) is 0. The quantitative estimate of drug-likeness (QED) is 0.682. The van der Waals surface area contributed by atoms with Crippen LogP contribution < -0.4 is 5.73 Å². The monoisotopic (exact) mass is 283 g/mol. The molecule has 0 atom stereocenters. The summed E-state index contributed by atoms with van der Waals surface area (Å²) in [4.78, 5) is 6.43. The maximum absolute atomic E-state index is 5.90. The van der Waals surface area contributed by atoms with Crippen molar-refractivity contribution in [3.63, 3.8) is 0 Å². The molecule has 0 heterocycles. The third-order valence-electron chi connectivity index (χ3n) is 2.46. The minimum atomic E-state index is 0.612. The van der Waals surface area contributed by atoms with E-state index in [0.29, 0.717) is 12.5 Å². The lowest BCUT2D eigenvalue weighted by Gasteiger charge is -2.19. The fourth-order valence-corrected chi connectivity index (χ4v) is 1.85. The minimum Gasteiger partial charge on any atom is -0.370 e. The van der Waals surface area contributed by atoms with E-state index in [1.807, 2.05) is 29.2 Å². The molecule has 0 fully saturated rings. The topological polar surface area (TPSA) is 41.6 Å². The molecule has 0 spiro atoms. The van der Waals surface area contributed by atoms with Crippen molar-refractivity contribution in [1.29, 1.82) is 0 Å². The first-order chi connectivity index (χ1) is 7.69. The second kappa shape index (κ2) is 6.53. The van der Waals surface area contributed by atoms with Crippen molar-refractivity contribution < 1.29 is 0 Å². The van der Waals surface area contributed by atoms with Crippen LogP contribution in [-0.2, 0) is 6.54 Å². The van der Waals surface area contributed by atoms with Gasteiger partial charge in [-0.15, -0.1) is 0 Å². The molecule has 2 N–H and O–H groups in total. The van der Waals surface area contributed by atoms with E-state index in [9.17, 15) is 0 Å². The van der Waals surface area contributed by atoms with Crippen LogP contribution in [0, 0.1) is 0 Å². The van der Waals surface area contributed by atoms with Gasteiger partial charge in [0.2, 0.25) is 0 Å². The van der Waals surface area contributed by atoms with Crippen molar-refractivity contribution >= 4 is 21.9 Å². The predicted molar refractivity (Wildman–Crippen MR) is 72.4 cm³/mol. The van der Waals surface area contributed by atoms with E-state index in [1.165, 1.54) is 0 Å². The molecule has 1 rings (SSSR count). The number of nitrogens with two attached hydrogens (primary N) is 1. The van der Waals surface area contributed by atoms with Gasteiger partial charge < -0.3 is 10.6 Å². The first kappa shape index (κ1) is 13.0. The molecule has 0 bridgehead atoms. The molecule has 0 unspecified atom stereocenters. The summed E-state index contributed by atoms with van der Waals surface area (Å²) in [5.74, 6) is 0.612. The van der Waals surface area contributed by atoms with Crippen LogP contribution in [0.15, 0.2) is 33.7 Å². The Morgan fingerprint density at radius 3 is 2.50 bits per heavy atom. The van der Waals surface area contributed by atoms with Crippen LogP contribution in [-0.4, -0.2) is 23.9 Å². The molecule has 0 saturated carbocycles. The van der Waals surface area contributed by atoms with Gasteiger partial charge in [-0.25, -0.2) is 4.99 Å². The molecule has 0 saturated heterocycles. The van der Waals surface area contributed by atoms with Crippen LogP contribution in [0.2, 0.25) is 0 Å². The Labute approximate surface area is 105 Å². The van der Waals surface area contributed by atoms with E-state index in [-0.39, 0.29) is 0 Å². The van der Waals surface area contributed by atoms with Gasteiger partial charge in [0.05, 0.1) is 6.54 Å². The molecule has 0 aliphatic carbocycles. The Balaban J connectivity index is 2.69. The summed E-state index contributed by atoms with van der Waals surface area (Å²) in [6, 6.07) is 8.05. The van der Waals surface area contributed by atoms with E-state index >= 15 is 0 Å². The summed E-state index contributed by atoms with van der Waals surface area (Å²) in [5.41, 5.74) is 7.05. The van der Waals surface area contributed by atoms with E-state index in [1.54, 1.807) is 0 Å². The van der Waals surface area contributed by atoms with Crippen LogP contribution in [0.3, 0.4) is 0 Å². The van der Waals surface area contributed by atoms with Gasteiger partial charge in [-0.3, -0.25) is 0 Å². The van der Waals surface area contributed by atoms with Crippen LogP contribution in [0.1, 0.15) is 19.4 Å². The number of benzene rings is 1. The third-order valence-corrected chi connectivity index (χ3v) is 3.23. The average Bonchev–Trinajstić information content (AvgIpc) is 2.29. The van der Waals surface area contributed by atoms with Gasteiger partial charge in [0.15, 0.2) is 5.96 Å². The van der Waals surface area contributed by atoms with Crippen molar-refractivity contribution in [2.75, 3.05) is 13.1 Å². The van der Waals surface area contributed by atoms with Crippen molar-refractivity contribution in [3.8, 4) is 0 Å². The van der Waals surface area contributed by atoms with Crippen LogP contribution >= 0.6 is 15.9 Å².